The summed E-state index contributed by atoms with van der Waals surface area (Å²) in [5.74, 6) is 2.48. The highest BCUT2D eigenvalue weighted by molar-refractivity contribution is 8.00. The Hall–Kier alpha value is -2.63. The largest absolute Gasteiger partial charge is 0.489 e. The van der Waals surface area contributed by atoms with Crippen molar-refractivity contribution in [1.29, 1.82) is 0 Å². The molecule has 3 aromatic carbocycles. The van der Waals surface area contributed by atoms with Gasteiger partial charge in [-0.05, 0) is 46.6 Å². The molecule has 0 radical (unpaired) electrons. The molecule has 0 aromatic heterocycles. The van der Waals surface area contributed by atoms with E-state index in [-0.39, 0.29) is 0 Å². The first-order valence-electron chi connectivity index (χ1n) is 10.5. The van der Waals surface area contributed by atoms with E-state index in [1.54, 1.807) is 11.8 Å². The van der Waals surface area contributed by atoms with Gasteiger partial charge in [-0.25, -0.2) is 0 Å². The number of carbonyl (C=O) groups is 1. The molecule has 166 valence electrons. The summed E-state index contributed by atoms with van der Waals surface area (Å²) in [6.45, 7) is 4.27. The lowest BCUT2D eigenvalue weighted by Crippen LogP contribution is -2.17. The summed E-state index contributed by atoms with van der Waals surface area (Å²) in [5.41, 5.74) is 4.56. The van der Waals surface area contributed by atoms with Crippen molar-refractivity contribution in [3.63, 3.8) is 0 Å². The summed E-state index contributed by atoms with van der Waals surface area (Å²) in [6, 6.07) is 26.3. The minimum Gasteiger partial charge on any atom is -0.489 e. The molecule has 5 heteroatoms. The maximum Gasteiger partial charge on any atom is 0.316 e. The number of rotatable bonds is 13. The van der Waals surface area contributed by atoms with Crippen LogP contribution in [-0.4, -0.2) is 22.1 Å². The zero-order valence-electron chi connectivity index (χ0n) is 18.0. The lowest BCUT2D eigenvalue weighted by molar-refractivity contribution is -0.136. The molecule has 1 N–H and O–H groups in total. The number of benzene rings is 3. The Morgan fingerprint density at radius 1 is 0.906 bits per heavy atom. The summed E-state index contributed by atoms with van der Waals surface area (Å²) < 4.78 is 5.86. The van der Waals surface area contributed by atoms with Crippen molar-refractivity contribution in [2.75, 3.05) is 5.75 Å². The Bertz CT molecular complexity index is 970. The monoisotopic (exact) mass is 464 g/mol. The molecule has 3 aromatic rings. The summed E-state index contributed by atoms with van der Waals surface area (Å²) in [6.07, 6.45) is 2.48. The topological polar surface area (TPSA) is 46.5 Å². The standard InChI is InChI=1S/C27H28O3S2/c1-2-21-8-10-22(11-9-21)18-30-25-14-12-24(13-15-25)20-32-26(27(28)29)16-17-31-19-23-6-4-3-5-7-23/h2-15,26H,1,16-20H2,(H,28,29). The summed E-state index contributed by atoms with van der Waals surface area (Å²) in [7, 11) is 0. The molecule has 0 saturated heterocycles. The van der Waals surface area contributed by atoms with Gasteiger partial charge in [0.15, 0.2) is 0 Å². The SMILES string of the molecule is C=Cc1ccc(COc2ccc(CSC(CCSCc3ccccc3)C(=O)O)cc2)cc1. The molecule has 0 spiro atoms. The molecule has 0 heterocycles. The summed E-state index contributed by atoms with van der Waals surface area (Å²) >= 11 is 3.27. The lowest BCUT2D eigenvalue weighted by atomic mass is 10.1. The summed E-state index contributed by atoms with van der Waals surface area (Å²) in [5, 5.41) is 9.17. The van der Waals surface area contributed by atoms with Gasteiger partial charge in [0, 0.05) is 11.5 Å². The van der Waals surface area contributed by atoms with Crippen LogP contribution in [0.2, 0.25) is 0 Å². The van der Waals surface area contributed by atoms with E-state index >= 15 is 0 Å². The van der Waals surface area contributed by atoms with Gasteiger partial charge in [0.25, 0.3) is 0 Å². The molecule has 0 bridgehead atoms. The van der Waals surface area contributed by atoms with Crippen LogP contribution in [0, 0.1) is 0 Å². The second-order valence-electron chi connectivity index (χ2n) is 7.34. The van der Waals surface area contributed by atoms with Crippen LogP contribution in [0.5, 0.6) is 5.75 Å². The highest BCUT2D eigenvalue weighted by Crippen LogP contribution is 2.25. The van der Waals surface area contributed by atoms with Crippen molar-refractivity contribution in [3.8, 4) is 5.75 Å². The molecule has 0 amide bonds. The van der Waals surface area contributed by atoms with Gasteiger partial charge in [0.1, 0.15) is 17.6 Å². The quantitative estimate of drug-likeness (QED) is 0.278. The zero-order chi connectivity index (χ0) is 22.6. The number of carboxylic acids is 1. The number of thioether (sulfide) groups is 2. The van der Waals surface area contributed by atoms with E-state index in [4.69, 9.17) is 4.74 Å². The summed E-state index contributed by atoms with van der Waals surface area (Å²) in [4.78, 5) is 11.6. The third-order valence-corrected chi connectivity index (χ3v) is 7.31. The van der Waals surface area contributed by atoms with Crippen molar-refractivity contribution in [2.45, 2.75) is 29.8 Å². The van der Waals surface area contributed by atoms with Crippen LogP contribution in [-0.2, 0) is 22.9 Å². The molecule has 1 atom stereocenters. The van der Waals surface area contributed by atoms with Gasteiger partial charge in [0.2, 0.25) is 0 Å². The number of hydrogen-bond donors (Lipinski definition) is 1. The van der Waals surface area contributed by atoms with E-state index in [9.17, 15) is 9.90 Å². The molecular formula is C27H28O3S2. The third-order valence-electron chi connectivity index (χ3n) is 4.91. The van der Waals surface area contributed by atoms with Crippen molar-refractivity contribution in [3.05, 3.63) is 108 Å². The molecule has 0 aliphatic rings. The molecular weight excluding hydrogens is 436 g/mol. The lowest BCUT2D eigenvalue weighted by Gasteiger charge is -2.12. The van der Waals surface area contributed by atoms with Crippen molar-refractivity contribution in [1.82, 2.24) is 0 Å². The van der Waals surface area contributed by atoms with Gasteiger partial charge in [-0.1, -0.05) is 79.4 Å². The fraction of sp³-hybridized carbons (Fsp3) is 0.222. The Balaban J connectivity index is 1.40. The molecule has 3 nitrogen and oxygen atoms in total. The second-order valence-corrected chi connectivity index (χ2v) is 9.64. The van der Waals surface area contributed by atoms with Gasteiger partial charge in [-0.2, -0.15) is 11.8 Å². The number of ether oxygens (including phenoxy) is 1. The average molecular weight is 465 g/mol. The molecule has 0 fully saturated rings. The number of hydrogen-bond acceptors (Lipinski definition) is 4. The van der Waals surface area contributed by atoms with Crippen LogP contribution in [0.3, 0.4) is 0 Å². The first-order valence-corrected chi connectivity index (χ1v) is 12.7. The molecule has 1 unspecified atom stereocenters. The molecule has 0 saturated carbocycles. The van der Waals surface area contributed by atoms with Crippen LogP contribution in [0.4, 0.5) is 0 Å². The highest BCUT2D eigenvalue weighted by atomic mass is 32.2. The molecule has 0 aliphatic carbocycles. The van der Waals surface area contributed by atoms with Gasteiger partial charge in [0.05, 0.1) is 0 Å². The second kappa shape index (κ2) is 13.0. The van der Waals surface area contributed by atoms with Crippen molar-refractivity contribution >= 4 is 35.6 Å². The first-order chi connectivity index (χ1) is 15.6. The molecule has 0 aliphatic heterocycles. The number of aliphatic carboxylic acids is 1. The fourth-order valence-corrected chi connectivity index (χ4v) is 5.17. The molecule has 3 rings (SSSR count). The fourth-order valence-electron chi connectivity index (χ4n) is 3.03. The van der Waals surface area contributed by atoms with Crippen LogP contribution < -0.4 is 4.74 Å². The van der Waals surface area contributed by atoms with Crippen LogP contribution in [0.1, 0.15) is 28.7 Å². The van der Waals surface area contributed by atoms with Crippen LogP contribution in [0.25, 0.3) is 6.08 Å². The van der Waals surface area contributed by atoms with E-state index < -0.39 is 11.2 Å². The van der Waals surface area contributed by atoms with Crippen molar-refractivity contribution < 1.29 is 14.6 Å². The Morgan fingerprint density at radius 2 is 1.56 bits per heavy atom. The van der Waals surface area contributed by atoms with E-state index in [0.717, 1.165) is 33.9 Å². The van der Waals surface area contributed by atoms with Gasteiger partial charge >= 0.3 is 5.97 Å². The average Bonchev–Trinajstić information content (AvgIpc) is 2.83. The Labute approximate surface area is 198 Å². The van der Waals surface area contributed by atoms with Crippen LogP contribution in [0.15, 0.2) is 85.4 Å². The van der Waals surface area contributed by atoms with E-state index in [2.05, 4.69) is 18.7 Å². The minimum atomic E-state index is -0.738. The minimum absolute atomic E-state index is 0.396. The Kier molecular flexibility index (Phi) is 9.79. The van der Waals surface area contributed by atoms with Gasteiger partial charge in [-0.3, -0.25) is 4.79 Å². The Morgan fingerprint density at radius 3 is 2.22 bits per heavy atom. The zero-order valence-corrected chi connectivity index (χ0v) is 19.6. The van der Waals surface area contributed by atoms with Gasteiger partial charge < -0.3 is 9.84 Å². The van der Waals surface area contributed by atoms with Crippen LogP contribution >= 0.6 is 23.5 Å². The normalized spacial score (nSPS) is 11.6. The predicted octanol–water partition coefficient (Wildman–Crippen LogP) is 6.92. The smallest absolute Gasteiger partial charge is 0.316 e. The van der Waals surface area contributed by atoms with E-state index in [1.165, 1.54) is 17.3 Å². The maximum atomic E-state index is 11.6. The third kappa shape index (κ3) is 8.13. The van der Waals surface area contributed by atoms with E-state index in [1.807, 2.05) is 72.8 Å². The van der Waals surface area contributed by atoms with Gasteiger partial charge in [-0.15, -0.1) is 11.8 Å². The van der Waals surface area contributed by atoms with Crippen molar-refractivity contribution in [2.24, 2.45) is 0 Å². The molecule has 32 heavy (non-hydrogen) atoms. The highest BCUT2D eigenvalue weighted by Gasteiger charge is 2.17. The predicted molar refractivity (Wildman–Crippen MR) is 137 cm³/mol. The first kappa shape index (κ1) is 24.0. The number of carboxylic acid groups (broad SMARTS) is 1. The maximum absolute atomic E-state index is 11.6. The van der Waals surface area contributed by atoms with E-state index in [0.29, 0.717) is 18.8 Å².